The third-order valence-electron chi connectivity index (χ3n) is 7.32. The van der Waals surface area contributed by atoms with Crippen molar-refractivity contribution in [3.63, 3.8) is 0 Å². The van der Waals surface area contributed by atoms with E-state index in [4.69, 9.17) is 4.42 Å². The van der Waals surface area contributed by atoms with E-state index in [1.165, 1.54) is 25.6 Å². The molecule has 0 saturated heterocycles. The quantitative estimate of drug-likeness (QED) is 0.180. The van der Waals surface area contributed by atoms with Gasteiger partial charge < -0.3 is 4.42 Å². The van der Waals surface area contributed by atoms with Gasteiger partial charge in [-0.25, -0.2) is 0 Å². The Balaban J connectivity index is 1.24. The largest absolute Gasteiger partial charge is 0.455 e. The molecule has 2 aromatic heterocycles. The van der Waals surface area contributed by atoms with E-state index in [1.54, 1.807) is 0 Å². The summed E-state index contributed by atoms with van der Waals surface area (Å²) in [5.74, 6) is 13.1. The monoisotopic (exact) mass is 524 g/mol. The molecule has 8 rings (SSSR count). The highest BCUT2D eigenvalue weighted by Crippen LogP contribution is 2.42. The van der Waals surface area contributed by atoms with Crippen molar-refractivity contribution in [3.8, 4) is 23.7 Å². The van der Waals surface area contributed by atoms with Crippen LogP contribution in [-0.4, -0.2) is 0 Å². The lowest BCUT2D eigenvalue weighted by atomic mass is 10.0. The zero-order valence-electron chi connectivity index (χ0n) is 21.4. The Hall–Kier alpha value is -5.28. The average Bonchev–Trinajstić information content (AvgIpc) is 3.58. The van der Waals surface area contributed by atoms with Crippen LogP contribution < -0.4 is 0 Å². The van der Waals surface area contributed by atoms with Gasteiger partial charge in [0.2, 0.25) is 0 Å². The van der Waals surface area contributed by atoms with Gasteiger partial charge in [-0.05, 0) is 66.7 Å². The van der Waals surface area contributed by atoms with Crippen molar-refractivity contribution in [3.05, 3.63) is 144 Å². The fourth-order valence-corrected chi connectivity index (χ4v) is 6.63. The highest BCUT2D eigenvalue weighted by Gasteiger charge is 2.14. The molecule has 2 heterocycles. The standard InChI is InChI=1S/C38H20OS/c1-3-7-25(8-4-1)11-13-27-15-17-29-31-19-22-34-32(37(31)39-35(29)23-27)20-21-33-30-18-16-28(24-36(30)40-38(33)34)14-12-26-9-5-2-6-10-26/h1-10,15-24H. The summed E-state index contributed by atoms with van der Waals surface area (Å²) >= 11 is 1.82. The molecule has 0 atom stereocenters. The molecule has 40 heavy (non-hydrogen) atoms. The molecular formula is C38H20OS. The molecule has 8 aromatic rings. The molecule has 0 radical (unpaired) electrons. The summed E-state index contributed by atoms with van der Waals surface area (Å²) in [6, 6.07) is 41.8. The van der Waals surface area contributed by atoms with Gasteiger partial charge in [-0.1, -0.05) is 78.3 Å². The van der Waals surface area contributed by atoms with Crippen LogP contribution in [0.5, 0.6) is 0 Å². The van der Waals surface area contributed by atoms with Gasteiger partial charge in [0.15, 0.2) is 0 Å². The highest BCUT2D eigenvalue weighted by atomic mass is 32.1. The minimum Gasteiger partial charge on any atom is -0.455 e. The van der Waals surface area contributed by atoms with Gasteiger partial charge in [-0.2, -0.15) is 0 Å². The Morgan fingerprint density at radius 1 is 0.425 bits per heavy atom. The second-order valence-corrected chi connectivity index (χ2v) is 10.9. The molecule has 0 saturated carbocycles. The summed E-state index contributed by atoms with van der Waals surface area (Å²) in [4.78, 5) is 0. The molecule has 0 aliphatic rings. The van der Waals surface area contributed by atoms with Crippen LogP contribution in [0.3, 0.4) is 0 Å². The molecule has 184 valence electrons. The van der Waals surface area contributed by atoms with E-state index in [0.29, 0.717) is 0 Å². The molecule has 0 N–H and O–H groups in total. The molecule has 0 spiro atoms. The highest BCUT2D eigenvalue weighted by molar-refractivity contribution is 7.26. The minimum absolute atomic E-state index is 0.862. The third-order valence-corrected chi connectivity index (χ3v) is 8.52. The molecule has 0 fully saturated rings. The number of hydrogen-bond donors (Lipinski definition) is 0. The molecule has 0 bridgehead atoms. The van der Waals surface area contributed by atoms with E-state index in [0.717, 1.165) is 49.6 Å². The van der Waals surface area contributed by atoms with Crippen LogP contribution in [0.25, 0.3) is 52.9 Å². The molecule has 0 aliphatic carbocycles. The number of fused-ring (bicyclic) bond motifs is 9. The normalized spacial score (nSPS) is 11.1. The molecule has 1 nitrogen and oxygen atoms in total. The van der Waals surface area contributed by atoms with Crippen LogP contribution >= 0.6 is 11.3 Å². The smallest absolute Gasteiger partial charge is 0.143 e. The second kappa shape index (κ2) is 9.18. The van der Waals surface area contributed by atoms with Crippen LogP contribution in [0.2, 0.25) is 0 Å². The first kappa shape index (κ1) is 22.7. The van der Waals surface area contributed by atoms with E-state index in [1.807, 2.05) is 78.1 Å². The number of hydrogen-bond acceptors (Lipinski definition) is 2. The number of benzene rings is 6. The van der Waals surface area contributed by atoms with Gasteiger partial charge >= 0.3 is 0 Å². The summed E-state index contributed by atoms with van der Waals surface area (Å²) < 4.78 is 9.01. The predicted octanol–water partition coefficient (Wildman–Crippen LogP) is 9.91. The van der Waals surface area contributed by atoms with Gasteiger partial charge in [0.1, 0.15) is 11.2 Å². The van der Waals surface area contributed by atoms with Gasteiger partial charge in [0, 0.05) is 64.0 Å². The van der Waals surface area contributed by atoms with Crippen molar-refractivity contribution in [1.82, 2.24) is 0 Å². The maximum absolute atomic E-state index is 6.49. The maximum Gasteiger partial charge on any atom is 0.143 e. The summed E-state index contributed by atoms with van der Waals surface area (Å²) in [5, 5.41) is 7.12. The maximum atomic E-state index is 6.49. The fourth-order valence-electron chi connectivity index (χ4n) is 5.36. The van der Waals surface area contributed by atoms with Gasteiger partial charge in [-0.15, -0.1) is 11.3 Å². The Bertz CT molecular complexity index is 2200. The Kier molecular flexibility index (Phi) is 5.20. The van der Waals surface area contributed by atoms with Crippen LogP contribution in [0.4, 0.5) is 0 Å². The fraction of sp³-hybridized carbons (Fsp3) is 0. The average molecular weight is 525 g/mol. The summed E-state index contributed by atoms with van der Waals surface area (Å²) in [6.07, 6.45) is 0. The minimum atomic E-state index is 0.862. The Morgan fingerprint density at radius 2 is 0.925 bits per heavy atom. The summed E-state index contributed by atoms with van der Waals surface area (Å²) in [5.41, 5.74) is 5.78. The topological polar surface area (TPSA) is 13.1 Å². The van der Waals surface area contributed by atoms with Crippen molar-refractivity contribution in [1.29, 1.82) is 0 Å². The van der Waals surface area contributed by atoms with E-state index in [9.17, 15) is 0 Å². The lowest BCUT2D eigenvalue weighted by molar-refractivity contribution is 0.672. The summed E-state index contributed by atoms with van der Waals surface area (Å²) in [7, 11) is 0. The number of rotatable bonds is 0. The number of furan rings is 1. The first-order valence-electron chi connectivity index (χ1n) is 13.2. The molecular weight excluding hydrogens is 504 g/mol. The van der Waals surface area contributed by atoms with Gasteiger partial charge in [0.05, 0.1) is 0 Å². The molecule has 0 unspecified atom stereocenters. The second-order valence-electron chi connectivity index (χ2n) is 9.84. The van der Waals surface area contributed by atoms with Crippen molar-refractivity contribution >= 4 is 64.2 Å². The van der Waals surface area contributed by atoms with E-state index in [2.05, 4.69) is 78.3 Å². The molecule has 2 heteroatoms. The Morgan fingerprint density at radius 3 is 1.60 bits per heavy atom. The lowest BCUT2D eigenvalue weighted by Gasteiger charge is -2.01. The van der Waals surface area contributed by atoms with Crippen LogP contribution in [0, 0.1) is 23.7 Å². The Labute approximate surface area is 235 Å². The van der Waals surface area contributed by atoms with E-state index < -0.39 is 0 Å². The first-order valence-corrected chi connectivity index (χ1v) is 14.0. The zero-order valence-corrected chi connectivity index (χ0v) is 22.2. The van der Waals surface area contributed by atoms with Crippen LogP contribution in [0.15, 0.2) is 126 Å². The lowest BCUT2D eigenvalue weighted by Crippen LogP contribution is -1.76. The van der Waals surface area contributed by atoms with Crippen LogP contribution in [-0.2, 0) is 0 Å². The van der Waals surface area contributed by atoms with Crippen molar-refractivity contribution in [2.24, 2.45) is 0 Å². The third kappa shape index (κ3) is 3.83. The molecule has 0 aliphatic heterocycles. The SMILES string of the molecule is C(#Cc1ccc2c(c1)oc1c2ccc2c1ccc1c3ccc(C#Cc4ccccc4)cc3sc12)c1ccccc1. The van der Waals surface area contributed by atoms with E-state index in [-0.39, 0.29) is 0 Å². The first-order chi connectivity index (χ1) is 19.8. The van der Waals surface area contributed by atoms with E-state index >= 15 is 0 Å². The van der Waals surface area contributed by atoms with Crippen molar-refractivity contribution in [2.75, 3.05) is 0 Å². The van der Waals surface area contributed by atoms with Gasteiger partial charge in [-0.3, -0.25) is 0 Å². The predicted molar refractivity (Wildman–Crippen MR) is 169 cm³/mol. The molecule has 6 aromatic carbocycles. The van der Waals surface area contributed by atoms with Crippen molar-refractivity contribution < 1.29 is 4.42 Å². The molecule has 0 amide bonds. The van der Waals surface area contributed by atoms with Gasteiger partial charge in [0.25, 0.3) is 0 Å². The van der Waals surface area contributed by atoms with Crippen molar-refractivity contribution in [2.45, 2.75) is 0 Å². The zero-order chi connectivity index (χ0) is 26.5. The summed E-state index contributed by atoms with van der Waals surface area (Å²) in [6.45, 7) is 0. The van der Waals surface area contributed by atoms with Crippen LogP contribution in [0.1, 0.15) is 22.3 Å². The number of thiophene rings is 1.